The molecular weight excluding hydrogens is 390 g/mol. The summed E-state index contributed by atoms with van der Waals surface area (Å²) in [5.41, 5.74) is 4.48. The molecular formula is C22H18ClN3O3. The number of ether oxygens (including phenoxy) is 1. The Balaban J connectivity index is 1.46. The molecule has 3 rings (SSSR count). The smallest absolute Gasteiger partial charge is 0.329 e. The predicted octanol–water partition coefficient (Wildman–Crippen LogP) is 4.01. The first-order valence-electron chi connectivity index (χ1n) is 8.77. The van der Waals surface area contributed by atoms with Gasteiger partial charge in [-0.2, -0.15) is 5.10 Å². The summed E-state index contributed by atoms with van der Waals surface area (Å²) in [6, 6.07) is 23.3. The van der Waals surface area contributed by atoms with E-state index in [0.717, 1.165) is 11.1 Å². The Bertz CT molecular complexity index is 988. The fourth-order valence-corrected chi connectivity index (χ4v) is 2.45. The second kappa shape index (κ2) is 10.1. The molecule has 0 atom stereocenters. The number of carbonyl (C=O) groups is 2. The summed E-state index contributed by atoms with van der Waals surface area (Å²) < 4.78 is 5.71. The zero-order valence-electron chi connectivity index (χ0n) is 15.3. The van der Waals surface area contributed by atoms with Gasteiger partial charge in [0.1, 0.15) is 12.4 Å². The summed E-state index contributed by atoms with van der Waals surface area (Å²) in [6.07, 6.45) is 1.44. The largest absolute Gasteiger partial charge is 0.489 e. The predicted molar refractivity (Wildman–Crippen MR) is 113 cm³/mol. The van der Waals surface area contributed by atoms with Crippen LogP contribution in [0.1, 0.15) is 11.1 Å². The Morgan fingerprint density at radius 2 is 1.59 bits per heavy atom. The number of hydrogen-bond donors (Lipinski definition) is 2. The van der Waals surface area contributed by atoms with E-state index in [1.807, 2.05) is 30.3 Å². The summed E-state index contributed by atoms with van der Waals surface area (Å²) in [6.45, 7) is 0.428. The maximum atomic E-state index is 11.8. The van der Waals surface area contributed by atoms with Crippen LogP contribution in [0.5, 0.6) is 5.75 Å². The third kappa shape index (κ3) is 6.48. The lowest BCUT2D eigenvalue weighted by atomic mass is 10.2. The van der Waals surface area contributed by atoms with Crippen LogP contribution >= 0.6 is 11.6 Å². The van der Waals surface area contributed by atoms with Crippen LogP contribution in [0.3, 0.4) is 0 Å². The van der Waals surface area contributed by atoms with E-state index in [1.54, 1.807) is 48.5 Å². The van der Waals surface area contributed by atoms with Crippen molar-refractivity contribution in [2.75, 3.05) is 5.32 Å². The zero-order valence-corrected chi connectivity index (χ0v) is 16.1. The van der Waals surface area contributed by atoms with E-state index in [1.165, 1.54) is 6.21 Å². The van der Waals surface area contributed by atoms with Crippen LogP contribution < -0.4 is 15.5 Å². The SMILES string of the molecule is O=C(NN=Cc1ccc(OCc2ccc(Cl)cc2)cc1)C(=O)Nc1ccccc1. The number of rotatable bonds is 6. The molecule has 0 aromatic heterocycles. The maximum absolute atomic E-state index is 11.8. The lowest BCUT2D eigenvalue weighted by Gasteiger charge is -2.06. The van der Waals surface area contributed by atoms with Crippen LogP contribution in [0.25, 0.3) is 0 Å². The average molecular weight is 408 g/mol. The molecule has 3 aromatic carbocycles. The average Bonchev–Trinajstić information content (AvgIpc) is 2.75. The van der Waals surface area contributed by atoms with Gasteiger partial charge < -0.3 is 10.1 Å². The van der Waals surface area contributed by atoms with Crippen molar-refractivity contribution in [3.05, 3.63) is 95.0 Å². The molecule has 0 spiro atoms. The molecule has 0 bridgehead atoms. The van der Waals surface area contributed by atoms with Gasteiger partial charge in [0.05, 0.1) is 6.21 Å². The third-order valence-corrected chi connectivity index (χ3v) is 4.07. The van der Waals surface area contributed by atoms with Gasteiger partial charge in [0.2, 0.25) is 0 Å². The topological polar surface area (TPSA) is 79.8 Å². The van der Waals surface area contributed by atoms with Crippen LogP contribution in [0, 0.1) is 0 Å². The highest BCUT2D eigenvalue weighted by Crippen LogP contribution is 2.15. The molecule has 0 radical (unpaired) electrons. The number of amides is 2. The second-order valence-corrected chi connectivity index (χ2v) is 6.44. The van der Waals surface area contributed by atoms with Crippen molar-refractivity contribution >= 4 is 35.3 Å². The van der Waals surface area contributed by atoms with E-state index < -0.39 is 11.8 Å². The van der Waals surface area contributed by atoms with Crippen LogP contribution in [-0.4, -0.2) is 18.0 Å². The highest BCUT2D eigenvalue weighted by atomic mass is 35.5. The number of hydrogen-bond acceptors (Lipinski definition) is 4. The summed E-state index contributed by atoms with van der Waals surface area (Å²) in [5, 5.41) is 6.96. The van der Waals surface area contributed by atoms with E-state index in [4.69, 9.17) is 16.3 Å². The number of para-hydroxylation sites is 1. The monoisotopic (exact) mass is 407 g/mol. The molecule has 0 saturated carbocycles. The maximum Gasteiger partial charge on any atom is 0.329 e. The van der Waals surface area contributed by atoms with Crippen LogP contribution in [0.15, 0.2) is 84.0 Å². The van der Waals surface area contributed by atoms with Crippen LogP contribution in [0.2, 0.25) is 5.02 Å². The minimum Gasteiger partial charge on any atom is -0.489 e. The van der Waals surface area contributed by atoms with E-state index in [0.29, 0.717) is 23.1 Å². The van der Waals surface area contributed by atoms with Gasteiger partial charge in [0, 0.05) is 10.7 Å². The normalized spacial score (nSPS) is 10.5. The number of anilines is 1. The molecule has 3 aromatic rings. The molecule has 6 nitrogen and oxygen atoms in total. The molecule has 0 aliphatic carbocycles. The van der Waals surface area contributed by atoms with Gasteiger partial charge in [-0.25, -0.2) is 5.43 Å². The molecule has 0 heterocycles. The molecule has 0 saturated heterocycles. The van der Waals surface area contributed by atoms with Crippen molar-refractivity contribution in [2.45, 2.75) is 6.61 Å². The highest BCUT2D eigenvalue weighted by molar-refractivity contribution is 6.39. The number of hydrazone groups is 1. The summed E-state index contributed by atoms with van der Waals surface area (Å²) in [4.78, 5) is 23.6. The van der Waals surface area contributed by atoms with Gasteiger partial charge in [-0.3, -0.25) is 9.59 Å². The fourth-order valence-electron chi connectivity index (χ4n) is 2.32. The van der Waals surface area contributed by atoms with Crippen molar-refractivity contribution < 1.29 is 14.3 Å². The first-order valence-corrected chi connectivity index (χ1v) is 9.15. The fraction of sp³-hybridized carbons (Fsp3) is 0.0455. The highest BCUT2D eigenvalue weighted by Gasteiger charge is 2.12. The minimum absolute atomic E-state index is 0.428. The number of halogens is 1. The first-order chi connectivity index (χ1) is 14.1. The lowest BCUT2D eigenvalue weighted by molar-refractivity contribution is -0.136. The van der Waals surface area contributed by atoms with E-state index in [2.05, 4.69) is 15.8 Å². The Kier molecular flexibility index (Phi) is 6.97. The Labute approximate surface area is 173 Å². The number of nitrogens with zero attached hydrogens (tertiary/aromatic N) is 1. The molecule has 29 heavy (non-hydrogen) atoms. The molecule has 2 amide bonds. The first kappa shape index (κ1) is 20.1. The summed E-state index contributed by atoms with van der Waals surface area (Å²) in [7, 11) is 0. The summed E-state index contributed by atoms with van der Waals surface area (Å²) in [5.74, 6) is -0.948. The van der Waals surface area contributed by atoms with Gasteiger partial charge in [0.15, 0.2) is 0 Å². The van der Waals surface area contributed by atoms with Gasteiger partial charge in [-0.15, -0.1) is 0 Å². The Morgan fingerprint density at radius 3 is 2.28 bits per heavy atom. The molecule has 0 aliphatic heterocycles. The van der Waals surface area contributed by atoms with Crippen molar-refractivity contribution in [1.82, 2.24) is 5.43 Å². The number of benzene rings is 3. The van der Waals surface area contributed by atoms with Crippen LogP contribution in [0.4, 0.5) is 5.69 Å². The Morgan fingerprint density at radius 1 is 0.897 bits per heavy atom. The molecule has 0 aliphatic rings. The quantitative estimate of drug-likeness (QED) is 0.368. The summed E-state index contributed by atoms with van der Waals surface area (Å²) >= 11 is 5.86. The van der Waals surface area contributed by atoms with Crippen molar-refractivity contribution in [2.24, 2.45) is 5.10 Å². The van der Waals surface area contributed by atoms with Crippen molar-refractivity contribution in [1.29, 1.82) is 0 Å². The van der Waals surface area contributed by atoms with E-state index in [-0.39, 0.29) is 0 Å². The standard InChI is InChI=1S/C22H18ClN3O3/c23-18-10-6-17(7-11-18)15-29-20-12-8-16(9-13-20)14-24-26-22(28)21(27)25-19-4-2-1-3-5-19/h1-14H,15H2,(H,25,27)(H,26,28). The van der Waals surface area contributed by atoms with Gasteiger partial charge in [0.25, 0.3) is 0 Å². The molecule has 0 unspecified atom stereocenters. The minimum atomic E-state index is -0.854. The Hall–Kier alpha value is -3.64. The van der Waals surface area contributed by atoms with Crippen molar-refractivity contribution in [3.63, 3.8) is 0 Å². The van der Waals surface area contributed by atoms with Gasteiger partial charge >= 0.3 is 11.8 Å². The molecule has 2 N–H and O–H groups in total. The lowest BCUT2D eigenvalue weighted by Crippen LogP contribution is -2.32. The van der Waals surface area contributed by atoms with Crippen molar-refractivity contribution in [3.8, 4) is 5.75 Å². The van der Waals surface area contributed by atoms with Gasteiger partial charge in [-0.05, 0) is 59.7 Å². The number of nitrogens with one attached hydrogen (secondary N) is 2. The second-order valence-electron chi connectivity index (χ2n) is 6.00. The van der Waals surface area contributed by atoms with E-state index >= 15 is 0 Å². The van der Waals surface area contributed by atoms with Crippen LogP contribution in [-0.2, 0) is 16.2 Å². The number of carbonyl (C=O) groups excluding carboxylic acids is 2. The third-order valence-electron chi connectivity index (χ3n) is 3.82. The van der Waals surface area contributed by atoms with E-state index in [9.17, 15) is 9.59 Å². The molecule has 0 fully saturated rings. The molecule has 7 heteroatoms. The van der Waals surface area contributed by atoms with Gasteiger partial charge in [-0.1, -0.05) is 41.9 Å². The zero-order chi connectivity index (χ0) is 20.5. The molecule has 146 valence electrons.